The Bertz CT molecular complexity index is 632. The van der Waals surface area contributed by atoms with E-state index in [9.17, 15) is 9.18 Å². The smallest absolute Gasteiger partial charge is 0.237 e. The van der Waals surface area contributed by atoms with Crippen LogP contribution in [0.15, 0.2) is 35.7 Å². The molecule has 0 aliphatic rings. The summed E-state index contributed by atoms with van der Waals surface area (Å²) in [5.74, 6) is -0.708. The van der Waals surface area contributed by atoms with Crippen LogP contribution in [-0.4, -0.2) is 20.7 Å². The maximum absolute atomic E-state index is 13.0. The number of hydrogen-bond donors (Lipinski definition) is 1. The fourth-order valence-electron chi connectivity index (χ4n) is 1.49. The maximum atomic E-state index is 13.0. The second-order valence-corrected chi connectivity index (χ2v) is 5.91. The number of nitrogens with zero attached hydrogens (tertiary/aromatic N) is 2. The number of benzene rings is 1. The van der Waals surface area contributed by atoms with Gasteiger partial charge in [0.15, 0.2) is 5.16 Å². The number of amides is 1. The van der Waals surface area contributed by atoms with Crippen molar-refractivity contribution in [2.45, 2.75) is 17.3 Å². The molecule has 2 aromatic rings. The lowest BCUT2D eigenvalue weighted by Gasteiger charge is -2.12. The number of carbonyl (C=O) groups excluding carboxylic acids is 1. The second-order valence-electron chi connectivity index (χ2n) is 4.20. The lowest BCUT2D eigenvalue weighted by atomic mass is 10.3. The molecule has 0 fully saturated rings. The third-order valence-corrected chi connectivity index (χ3v) is 4.08. The van der Waals surface area contributed by atoms with E-state index in [-0.39, 0.29) is 16.2 Å². The van der Waals surface area contributed by atoms with E-state index in [1.54, 1.807) is 13.1 Å². The second kappa shape index (κ2) is 6.28. The zero-order valence-electron chi connectivity index (χ0n) is 10.9. The molecule has 1 aromatic carbocycles. The molecule has 1 N–H and O–H groups in total. The lowest BCUT2D eigenvalue weighted by molar-refractivity contribution is -0.115. The zero-order valence-corrected chi connectivity index (χ0v) is 12.5. The molecule has 20 heavy (non-hydrogen) atoms. The van der Waals surface area contributed by atoms with Crippen LogP contribution in [0, 0.1) is 5.82 Å². The van der Waals surface area contributed by atoms with E-state index in [1.807, 2.05) is 17.8 Å². The van der Waals surface area contributed by atoms with Crippen molar-refractivity contribution in [1.82, 2.24) is 9.55 Å². The molecule has 1 amide bonds. The summed E-state index contributed by atoms with van der Waals surface area (Å²) in [6.45, 7) is 1.78. The standard InChI is InChI=1S/C13H13ClFN3OS/c1-8(20-13-16-5-6-18(13)2)12(19)17-9-3-4-11(15)10(14)7-9/h3-8H,1-2H3,(H,17,19)/t8-/m0/s1. The highest BCUT2D eigenvalue weighted by molar-refractivity contribution is 8.00. The number of anilines is 1. The van der Waals surface area contributed by atoms with Crippen LogP contribution < -0.4 is 5.32 Å². The quantitative estimate of drug-likeness (QED) is 0.881. The number of imidazole rings is 1. The number of thioether (sulfide) groups is 1. The van der Waals surface area contributed by atoms with Crippen molar-refractivity contribution in [3.05, 3.63) is 41.4 Å². The Morgan fingerprint density at radius 2 is 2.30 bits per heavy atom. The van der Waals surface area contributed by atoms with E-state index >= 15 is 0 Å². The molecule has 2 rings (SSSR count). The average Bonchev–Trinajstić information content (AvgIpc) is 2.79. The van der Waals surface area contributed by atoms with Crippen molar-refractivity contribution >= 4 is 35.0 Å². The number of halogens is 2. The molecule has 0 saturated carbocycles. The topological polar surface area (TPSA) is 46.9 Å². The number of rotatable bonds is 4. The molecule has 0 spiro atoms. The molecule has 0 saturated heterocycles. The Hall–Kier alpha value is -1.53. The van der Waals surface area contributed by atoms with Crippen LogP contribution in [0.25, 0.3) is 0 Å². The first kappa shape index (κ1) is 14.9. The number of aryl methyl sites for hydroxylation is 1. The highest BCUT2D eigenvalue weighted by Gasteiger charge is 2.17. The van der Waals surface area contributed by atoms with Crippen LogP contribution in [-0.2, 0) is 11.8 Å². The summed E-state index contributed by atoms with van der Waals surface area (Å²) in [7, 11) is 1.86. The van der Waals surface area contributed by atoms with Crippen LogP contribution in [0.2, 0.25) is 5.02 Å². The first-order chi connectivity index (χ1) is 9.47. The van der Waals surface area contributed by atoms with Crippen LogP contribution >= 0.6 is 23.4 Å². The van der Waals surface area contributed by atoms with E-state index < -0.39 is 5.82 Å². The monoisotopic (exact) mass is 313 g/mol. The van der Waals surface area contributed by atoms with Gasteiger partial charge in [-0.15, -0.1) is 0 Å². The highest BCUT2D eigenvalue weighted by Crippen LogP contribution is 2.23. The van der Waals surface area contributed by atoms with Gasteiger partial charge in [0.1, 0.15) is 5.82 Å². The van der Waals surface area contributed by atoms with Gasteiger partial charge in [-0.3, -0.25) is 4.79 Å². The summed E-state index contributed by atoms with van der Waals surface area (Å²) in [6.07, 6.45) is 3.49. The molecule has 1 aromatic heterocycles. The predicted octanol–water partition coefficient (Wildman–Crippen LogP) is 3.33. The molecule has 1 heterocycles. The van der Waals surface area contributed by atoms with Gasteiger partial charge in [-0.1, -0.05) is 23.4 Å². The van der Waals surface area contributed by atoms with Gasteiger partial charge >= 0.3 is 0 Å². The summed E-state index contributed by atoms with van der Waals surface area (Å²) in [6, 6.07) is 4.07. The Labute approximate surface area is 125 Å². The molecule has 0 bridgehead atoms. The minimum atomic E-state index is -0.514. The van der Waals surface area contributed by atoms with E-state index in [0.29, 0.717) is 5.69 Å². The Morgan fingerprint density at radius 3 is 2.90 bits per heavy atom. The van der Waals surface area contributed by atoms with Crippen LogP contribution in [0.3, 0.4) is 0 Å². The van der Waals surface area contributed by atoms with Gasteiger partial charge in [0.05, 0.1) is 10.3 Å². The van der Waals surface area contributed by atoms with E-state index in [1.165, 1.54) is 30.0 Å². The molecule has 0 aliphatic heterocycles. The summed E-state index contributed by atoms with van der Waals surface area (Å²) in [5.41, 5.74) is 0.466. The molecule has 4 nitrogen and oxygen atoms in total. The first-order valence-corrected chi connectivity index (χ1v) is 7.13. The van der Waals surface area contributed by atoms with Crippen molar-refractivity contribution in [2.75, 3.05) is 5.32 Å². The minimum absolute atomic E-state index is 0.0211. The molecule has 106 valence electrons. The molecule has 1 atom stereocenters. The van der Waals surface area contributed by atoms with Crippen molar-refractivity contribution in [1.29, 1.82) is 0 Å². The molecular formula is C13H13ClFN3OS. The minimum Gasteiger partial charge on any atom is -0.329 e. The molecular weight excluding hydrogens is 301 g/mol. The van der Waals surface area contributed by atoms with Gasteiger partial charge in [-0.2, -0.15) is 0 Å². The summed E-state index contributed by atoms with van der Waals surface area (Å²) in [4.78, 5) is 16.2. The van der Waals surface area contributed by atoms with E-state index in [4.69, 9.17) is 11.6 Å². The Morgan fingerprint density at radius 1 is 1.55 bits per heavy atom. The van der Waals surface area contributed by atoms with E-state index in [0.717, 1.165) is 5.16 Å². The Kier molecular flexibility index (Phi) is 4.67. The van der Waals surface area contributed by atoms with Gasteiger partial charge in [-0.25, -0.2) is 9.37 Å². The maximum Gasteiger partial charge on any atom is 0.237 e. The van der Waals surface area contributed by atoms with Crippen molar-refractivity contribution in [2.24, 2.45) is 7.05 Å². The lowest BCUT2D eigenvalue weighted by Crippen LogP contribution is -2.22. The predicted molar refractivity (Wildman–Crippen MR) is 78.6 cm³/mol. The average molecular weight is 314 g/mol. The Balaban J connectivity index is 2.00. The summed E-state index contributed by atoms with van der Waals surface area (Å²) < 4.78 is 14.9. The number of carbonyl (C=O) groups is 1. The highest BCUT2D eigenvalue weighted by atomic mass is 35.5. The molecule has 0 unspecified atom stereocenters. The van der Waals surface area contributed by atoms with Crippen molar-refractivity contribution in [3.8, 4) is 0 Å². The number of nitrogens with one attached hydrogen (secondary N) is 1. The van der Waals surface area contributed by atoms with Crippen LogP contribution in [0.1, 0.15) is 6.92 Å². The van der Waals surface area contributed by atoms with Gasteiger partial charge in [0, 0.05) is 25.1 Å². The number of aromatic nitrogens is 2. The normalized spacial score (nSPS) is 12.2. The van der Waals surface area contributed by atoms with Gasteiger partial charge in [-0.05, 0) is 25.1 Å². The van der Waals surface area contributed by atoms with Crippen LogP contribution in [0.5, 0.6) is 0 Å². The molecule has 7 heteroatoms. The van der Waals surface area contributed by atoms with Gasteiger partial charge < -0.3 is 9.88 Å². The fourth-order valence-corrected chi connectivity index (χ4v) is 2.51. The fraction of sp³-hybridized carbons (Fsp3) is 0.231. The van der Waals surface area contributed by atoms with Gasteiger partial charge in [0.2, 0.25) is 5.91 Å². The third kappa shape index (κ3) is 3.52. The van der Waals surface area contributed by atoms with Crippen LogP contribution in [0.4, 0.5) is 10.1 Å². The first-order valence-electron chi connectivity index (χ1n) is 5.87. The number of hydrogen-bond acceptors (Lipinski definition) is 3. The summed E-state index contributed by atoms with van der Waals surface area (Å²) in [5, 5.41) is 3.09. The zero-order chi connectivity index (χ0) is 14.7. The summed E-state index contributed by atoms with van der Waals surface area (Å²) >= 11 is 7.01. The van der Waals surface area contributed by atoms with E-state index in [2.05, 4.69) is 10.3 Å². The largest absolute Gasteiger partial charge is 0.329 e. The molecule has 0 radical (unpaired) electrons. The van der Waals surface area contributed by atoms with Crippen molar-refractivity contribution in [3.63, 3.8) is 0 Å². The molecule has 0 aliphatic carbocycles. The SMILES string of the molecule is C[C@H](Sc1nccn1C)C(=O)Nc1ccc(F)c(Cl)c1. The van der Waals surface area contributed by atoms with Gasteiger partial charge in [0.25, 0.3) is 0 Å². The third-order valence-electron chi connectivity index (χ3n) is 2.62. The van der Waals surface area contributed by atoms with Crippen molar-refractivity contribution < 1.29 is 9.18 Å².